The predicted molar refractivity (Wildman–Crippen MR) is 92.3 cm³/mol. The highest BCUT2D eigenvalue weighted by Crippen LogP contribution is 2.41. The second kappa shape index (κ2) is 8.12. The number of hydrogen-bond acceptors (Lipinski definition) is 5. The summed E-state index contributed by atoms with van der Waals surface area (Å²) in [4.78, 5) is 22.7. The summed E-state index contributed by atoms with van der Waals surface area (Å²) in [5.41, 5.74) is 0.919. The van der Waals surface area contributed by atoms with Crippen molar-refractivity contribution in [3.63, 3.8) is 0 Å². The van der Waals surface area contributed by atoms with E-state index in [9.17, 15) is 9.59 Å². The van der Waals surface area contributed by atoms with Crippen LogP contribution in [0.15, 0.2) is 28.7 Å². The van der Waals surface area contributed by atoms with Crippen LogP contribution in [0.1, 0.15) is 39.4 Å². The molecule has 1 aliphatic rings. The van der Waals surface area contributed by atoms with Crippen molar-refractivity contribution < 1.29 is 23.8 Å². The lowest BCUT2D eigenvalue weighted by Crippen LogP contribution is -2.48. The Kier molecular flexibility index (Phi) is 6.40. The lowest BCUT2D eigenvalue weighted by atomic mass is 9.79. The molecule has 0 N–H and O–H groups in total. The largest absolute Gasteiger partial charge is 0.463 e. The van der Waals surface area contributed by atoms with E-state index in [-0.39, 0.29) is 42.6 Å². The van der Waals surface area contributed by atoms with Crippen LogP contribution in [0, 0.1) is 11.8 Å². The van der Waals surface area contributed by atoms with Gasteiger partial charge in [0.25, 0.3) is 0 Å². The summed E-state index contributed by atoms with van der Waals surface area (Å²) in [6.45, 7) is 7.03. The molecule has 6 heteroatoms. The molecule has 0 saturated carbocycles. The van der Waals surface area contributed by atoms with E-state index >= 15 is 0 Å². The van der Waals surface area contributed by atoms with E-state index in [0.717, 1.165) is 10.0 Å². The highest BCUT2D eigenvalue weighted by atomic mass is 79.9. The Balaban J connectivity index is 2.29. The number of halogens is 1. The molecule has 5 nitrogen and oxygen atoms in total. The molecule has 0 radical (unpaired) electrons. The summed E-state index contributed by atoms with van der Waals surface area (Å²) in [7, 11) is 0. The van der Waals surface area contributed by atoms with E-state index in [1.165, 1.54) is 13.8 Å². The Hall–Kier alpha value is -1.40. The Morgan fingerprint density at radius 3 is 2.46 bits per heavy atom. The highest BCUT2D eigenvalue weighted by molar-refractivity contribution is 9.10. The molecule has 1 saturated heterocycles. The summed E-state index contributed by atoms with van der Waals surface area (Å²) >= 11 is 3.46. The molecule has 1 aromatic rings. The van der Waals surface area contributed by atoms with E-state index in [0.29, 0.717) is 0 Å². The molecule has 132 valence electrons. The van der Waals surface area contributed by atoms with E-state index < -0.39 is 6.10 Å². The lowest BCUT2D eigenvalue weighted by molar-refractivity contribution is -0.205. The summed E-state index contributed by atoms with van der Waals surface area (Å²) in [6.07, 6.45) is -1.04. The summed E-state index contributed by atoms with van der Waals surface area (Å²) in [5.74, 6) is -0.523. The molecule has 0 aliphatic carbocycles. The van der Waals surface area contributed by atoms with Crippen LogP contribution in [-0.2, 0) is 23.8 Å². The van der Waals surface area contributed by atoms with Gasteiger partial charge in [-0.05, 0) is 23.6 Å². The Labute approximate surface area is 150 Å². The monoisotopic (exact) mass is 398 g/mol. The van der Waals surface area contributed by atoms with Gasteiger partial charge in [0, 0.05) is 24.2 Å². The summed E-state index contributed by atoms with van der Waals surface area (Å²) < 4.78 is 17.8. The fourth-order valence-corrected chi connectivity index (χ4v) is 3.42. The third-order valence-corrected chi connectivity index (χ3v) is 4.98. The van der Waals surface area contributed by atoms with Crippen LogP contribution >= 0.6 is 15.9 Å². The SMILES string of the molecule is CC(=O)OC[C@H]1O[C@H](c2cccc(Br)c2)[C@@H](OC(C)=O)[C@@H](C)[C@@H]1C. The Morgan fingerprint density at radius 1 is 1.17 bits per heavy atom. The number of esters is 2. The topological polar surface area (TPSA) is 61.8 Å². The second-order valence-electron chi connectivity index (χ2n) is 6.25. The van der Waals surface area contributed by atoms with Crippen LogP contribution in [0.3, 0.4) is 0 Å². The van der Waals surface area contributed by atoms with Crippen molar-refractivity contribution >= 4 is 27.9 Å². The molecule has 0 bridgehead atoms. The first kappa shape index (κ1) is 18.9. The van der Waals surface area contributed by atoms with Crippen molar-refractivity contribution in [1.82, 2.24) is 0 Å². The first-order valence-corrected chi connectivity index (χ1v) is 8.80. The number of ether oxygens (including phenoxy) is 3. The maximum absolute atomic E-state index is 11.5. The smallest absolute Gasteiger partial charge is 0.303 e. The fraction of sp³-hybridized carbons (Fsp3) is 0.556. The minimum absolute atomic E-state index is 0.0622. The van der Waals surface area contributed by atoms with E-state index in [2.05, 4.69) is 15.9 Å². The molecule has 1 aliphatic heterocycles. The van der Waals surface area contributed by atoms with Gasteiger partial charge in [0.2, 0.25) is 0 Å². The number of benzene rings is 1. The van der Waals surface area contributed by atoms with Crippen molar-refractivity contribution in [2.75, 3.05) is 6.61 Å². The number of rotatable bonds is 4. The van der Waals surface area contributed by atoms with Crippen LogP contribution in [0.2, 0.25) is 0 Å². The van der Waals surface area contributed by atoms with Gasteiger partial charge in [-0.25, -0.2) is 0 Å². The molecule has 0 spiro atoms. The molecule has 24 heavy (non-hydrogen) atoms. The standard InChI is InChI=1S/C18H23BrO5/c1-10-11(2)17(23-13(4)21)18(14-6-5-7-15(19)8-14)24-16(10)9-22-12(3)20/h5-8,10-11,16-18H,9H2,1-4H3/t10-,11-,16+,17-,18+/m0/s1. The zero-order valence-electron chi connectivity index (χ0n) is 14.3. The second-order valence-corrected chi connectivity index (χ2v) is 7.16. The maximum atomic E-state index is 11.5. The molecule has 1 heterocycles. The van der Waals surface area contributed by atoms with Gasteiger partial charge in [-0.15, -0.1) is 0 Å². The van der Waals surface area contributed by atoms with Crippen molar-refractivity contribution in [2.24, 2.45) is 11.8 Å². The minimum Gasteiger partial charge on any atom is -0.463 e. The van der Waals surface area contributed by atoms with Crippen LogP contribution in [-0.4, -0.2) is 30.8 Å². The highest BCUT2D eigenvalue weighted by Gasteiger charge is 2.44. The predicted octanol–water partition coefficient (Wildman–Crippen LogP) is 3.66. The molecule has 0 aromatic heterocycles. The zero-order chi connectivity index (χ0) is 17.9. The van der Waals surface area contributed by atoms with Crippen LogP contribution in [0.4, 0.5) is 0 Å². The van der Waals surface area contributed by atoms with E-state index in [1.54, 1.807) is 0 Å². The van der Waals surface area contributed by atoms with Crippen LogP contribution in [0.25, 0.3) is 0 Å². The first-order chi connectivity index (χ1) is 11.3. The molecule has 0 unspecified atom stereocenters. The van der Waals surface area contributed by atoms with Gasteiger partial charge in [0.05, 0.1) is 6.10 Å². The zero-order valence-corrected chi connectivity index (χ0v) is 15.9. The Morgan fingerprint density at radius 2 is 1.88 bits per heavy atom. The van der Waals surface area contributed by atoms with Gasteiger partial charge in [0.1, 0.15) is 18.8 Å². The van der Waals surface area contributed by atoms with Crippen molar-refractivity contribution in [1.29, 1.82) is 0 Å². The quantitative estimate of drug-likeness (QED) is 0.724. The minimum atomic E-state index is -0.404. The average Bonchev–Trinajstić information content (AvgIpc) is 2.50. The van der Waals surface area contributed by atoms with Crippen molar-refractivity contribution in [3.8, 4) is 0 Å². The maximum Gasteiger partial charge on any atom is 0.303 e. The molecule has 5 atom stereocenters. The average molecular weight is 399 g/mol. The Bertz CT molecular complexity index is 601. The van der Waals surface area contributed by atoms with Crippen LogP contribution < -0.4 is 0 Å². The van der Waals surface area contributed by atoms with Gasteiger partial charge >= 0.3 is 11.9 Å². The third kappa shape index (κ3) is 4.57. The number of carbonyl (C=O) groups excluding carboxylic acids is 2. The van der Waals surface area contributed by atoms with Gasteiger partial charge in [0.15, 0.2) is 0 Å². The van der Waals surface area contributed by atoms with Gasteiger partial charge < -0.3 is 14.2 Å². The first-order valence-electron chi connectivity index (χ1n) is 8.01. The molecular weight excluding hydrogens is 376 g/mol. The summed E-state index contributed by atoms with van der Waals surface area (Å²) in [6, 6.07) is 7.73. The number of hydrogen-bond donors (Lipinski definition) is 0. The van der Waals surface area contributed by atoms with E-state index in [4.69, 9.17) is 14.2 Å². The van der Waals surface area contributed by atoms with Gasteiger partial charge in [-0.2, -0.15) is 0 Å². The lowest BCUT2D eigenvalue weighted by Gasteiger charge is -2.44. The number of carbonyl (C=O) groups is 2. The van der Waals surface area contributed by atoms with Crippen molar-refractivity contribution in [2.45, 2.75) is 46.0 Å². The molecular formula is C18H23BrO5. The molecule has 0 amide bonds. The van der Waals surface area contributed by atoms with Crippen LogP contribution in [0.5, 0.6) is 0 Å². The van der Waals surface area contributed by atoms with Gasteiger partial charge in [-0.1, -0.05) is 41.9 Å². The fourth-order valence-electron chi connectivity index (χ4n) is 3.01. The van der Waals surface area contributed by atoms with Gasteiger partial charge in [-0.3, -0.25) is 9.59 Å². The molecule has 2 rings (SSSR count). The summed E-state index contributed by atoms with van der Waals surface area (Å²) in [5, 5.41) is 0. The molecule has 1 aromatic carbocycles. The third-order valence-electron chi connectivity index (χ3n) is 4.48. The normalized spacial score (nSPS) is 29.8. The van der Waals surface area contributed by atoms with E-state index in [1.807, 2.05) is 38.1 Å². The van der Waals surface area contributed by atoms with Crippen molar-refractivity contribution in [3.05, 3.63) is 34.3 Å². The molecule has 1 fully saturated rings.